The lowest BCUT2D eigenvalue weighted by atomic mass is 10.1. The third-order valence-electron chi connectivity index (χ3n) is 3.40. The van der Waals surface area contributed by atoms with E-state index >= 15 is 0 Å². The van der Waals surface area contributed by atoms with Crippen LogP contribution in [0.5, 0.6) is 0 Å². The number of hydrogen-bond acceptors (Lipinski definition) is 4. The Labute approximate surface area is 125 Å². The van der Waals surface area contributed by atoms with Gasteiger partial charge in [0.15, 0.2) is 5.17 Å². The molecule has 2 aromatic rings. The highest BCUT2D eigenvalue weighted by molar-refractivity contribution is 8.14. The summed E-state index contributed by atoms with van der Waals surface area (Å²) < 4.78 is 0. The molecule has 0 spiro atoms. The predicted molar refractivity (Wildman–Crippen MR) is 86.2 cm³/mol. The third kappa shape index (κ3) is 2.71. The monoisotopic (exact) mass is 301 g/mol. The van der Waals surface area contributed by atoms with Crippen LogP contribution in [0.15, 0.2) is 34.2 Å². The van der Waals surface area contributed by atoms with Gasteiger partial charge in [-0.15, -0.1) is 0 Å². The highest BCUT2D eigenvalue weighted by Crippen LogP contribution is 2.13. The summed E-state index contributed by atoms with van der Waals surface area (Å²) in [6.45, 7) is 2.73. The van der Waals surface area contributed by atoms with Crippen molar-refractivity contribution in [3.63, 3.8) is 0 Å². The highest BCUT2D eigenvalue weighted by atomic mass is 32.2. The van der Waals surface area contributed by atoms with Crippen LogP contribution >= 0.6 is 11.8 Å². The molecule has 1 aliphatic heterocycles. The summed E-state index contributed by atoms with van der Waals surface area (Å²) >= 11 is 1.49. The summed E-state index contributed by atoms with van der Waals surface area (Å²) in [6, 6.07) is 5.68. The van der Waals surface area contributed by atoms with Crippen molar-refractivity contribution in [2.45, 2.75) is 13.3 Å². The number of amides is 1. The topological polar surface area (TPSA) is 74.3 Å². The van der Waals surface area contributed by atoms with Crippen LogP contribution in [0.25, 0.3) is 10.9 Å². The molecule has 5 nitrogen and oxygen atoms in total. The number of nitrogens with one attached hydrogen (secondary N) is 2. The van der Waals surface area contributed by atoms with Gasteiger partial charge in [-0.05, 0) is 24.1 Å². The summed E-state index contributed by atoms with van der Waals surface area (Å²) in [4.78, 5) is 31.8. The number of rotatable bonds is 2. The number of aromatic amines is 1. The van der Waals surface area contributed by atoms with Gasteiger partial charge in [-0.25, -0.2) is 0 Å². The second kappa shape index (κ2) is 5.73. The number of aromatic nitrogens is 1. The van der Waals surface area contributed by atoms with Crippen molar-refractivity contribution in [2.75, 3.05) is 12.3 Å². The molecular formula is C15H15N3O2S. The number of carbonyl (C=O) groups excluding carboxylic acids is 1. The minimum atomic E-state index is -0.409. The lowest BCUT2D eigenvalue weighted by Crippen LogP contribution is -2.31. The fourth-order valence-electron chi connectivity index (χ4n) is 2.23. The number of fused-ring (bicyclic) bond motifs is 1. The Morgan fingerprint density at radius 2 is 2.33 bits per heavy atom. The van der Waals surface area contributed by atoms with Crippen molar-refractivity contribution in [3.8, 4) is 0 Å². The van der Waals surface area contributed by atoms with Crippen molar-refractivity contribution in [3.05, 3.63) is 45.7 Å². The zero-order chi connectivity index (χ0) is 14.8. The predicted octanol–water partition coefficient (Wildman–Crippen LogP) is 1.92. The number of H-pyrrole nitrogens is 1. The number of aryl methyl sites for hydroxylation is 1. The van der Waals surface area contributed by atoms with Gasteiger partial charge in [0.2, 0.25) is 5.43 Å². The highest BCUT2D eigenvalue weighted by Gasteiger charge is 2.16. The number of benzene rings is 1. The summed E-state index contributed by atoms with van der Waals surface area (Å²) in [6.07, 6.45) is 2.31. The molecule has 0 atom stereocenters. The van der Waals surface area contributed by atoms with E-state index in [9.17, 15) is 9.59 Å². The van der Waals surface area contributed by atoms with Gasteiger partial charge in [-0.2, -0.15) is 0 Å². The second-order valence-electron chi connectivity index (χ2n) is 4.75. The summed E-state index contributed by atoms with van der Waals surface area (Å²) in [5.41, 5.74) is 1.67. The first kappa shape index (κ1) is 13.9. The maximum Gasteiger partial charge on any atom is 0.262 e. The van der Waals surface area contributed by atoms with Gasteiger partial charge in [-0.3, -0.25) is 14.6 Å². The number of nitrogens with zero attached hydrogens (tertiary/aromatic N) is 1. The molecule has 1 aliphatic rings. The molecule has 6 heteroatoms. The van der Waals surface area contributed by atoms with Crippen LogP contribution in [0.3, 0.4) is 0 Å². The van der Waals surface area contributed by atoms with E-state index in [-0.39, 0.29) is 11.0 Å². The minimum Gasteiger partial charge on any atom is -0.360 e. The quantitative estimate of drug-likeness (QED) is 0.890. The summed E-state index contributed by atoms with van der Waals surface area (Å²) in [5.74, 6) is 0.456. The van der Waals surface area contributed by atoms with E-state index in [1.807, 2.05) is 25.1 Å². The van der Waals surface area contributed by atoms with Crippen LogP contribution in [0.2, 0.25) is 0 Å². The van der Waals surface area contributed by atoms with Gasteiger partial charge >= 0.3 is 0 Å². The molecule has 0 aliphatic carbocycles. The van der Waals surface area contributed by atoms with Gasteiger partial charge in [0.1, 0.15) is 5.56 Å². The standard InChI is InChI=1S/C15H15N3O2S/c1-2-9-3-4-12-10(7-9)13(19)11(8-17-12)14(20)18-15-16-5-6-21-15/h3-4,7-8H,2,5-6H2,1H3,(H,17,19)(H,16,18,20). The van der Waals surface area contributed by atoms with E-state index in [0.29, 0.717) is 17.1 Å². The molecule has 1 amide bonds. The molecule has 1 aromatic carbocycles. The SMILES string of the molecule is CCc1ccc2[nH]cc(C(=O)NC3=NCCS3)c(=O)c2c1. The molecule has 0 fully saturated rings. The number of pyridine rings is 1. The van der Waals surface area contributed by atoms with Crippen molar-refractivity contribution >= 4 is 33.7 Å². The molecule has 0 radical (unpaired) electrons. The molecular weight excluding hydrogens is 286 g/mol. The molecule has 3 rings (SSSR count). The van der Waals surface area contributed by atoms with Gasteiger partial charge < -0.3 is 10.3 Å². The van der Waals surface area contributed by atoms with E-state index in [1.165, 1.54) is 18.0 Å². The number of amidine groups is 1. The first-order valence-electron chi connectivity index (χ1n) is 6.82. The van der Waals surface area contributed by atoms with Gasteiger partial charge in [0.25, 0.3) is 5.91 Å². The van der Waals surface area contributed by atoms with Crippen LogP contribution in [0.1, 0.15) is 22.8 Å². The molecule has 2 N–H and O–H groups in total. The fraction of sp³-hybridized carbons (Fsp3) is 0.267. The number of carbonyl (C=O) groups is 1. The molecule has 0 saturated carbocycles. The van der Waals surface area contributed by atoms with E-state index in [0.717, 1.165) is 23.3 Å². The van der Waals surface area contributed by atoms with E-state index < -0.39 is 5.91 Å². The Bertz CT molecular complexity index is 795. The van der Waals surface area contributed by atoms with Crippen LogP contribution < -0.4 is 10.7 Å². The number of hydrogen-bond donors (Lipinski definition) is 2. The summed E-state index contributed by atoms with van der Waals surface area (Å²) in [7, 11) is 0. The maximum absolute atomic E-state index is 12.5. The molecule has 0 unspecified atom stereocenters. The third-order valence-corrected chi connectivity index (χ3v) is 4.30. The Hall–Kier alpha value is -2.08. The average molecular weight is 301 g/mol. The van der Waals surface area contributed by atoms with Gasteiger partial charge in [0.05, 0.1) is 6.54 Å². The van der Waals surface area contributed by atoms with Crippen LogP contribution in [0, 0.1) is 0 Å². The largest absolute Gasteiger partial charge is 0.360 e. The van der Waals surface area contributed by atoms with Gasteiger partial charge in [0, 0.05) is 22.9 Å². The molecule has 21 heavy (non-hydrogen) atoms. The Balaban J connectivity index is 2.00. The molecule has 108 valence electrons. The molecule has 1 aromatic heterocycles. The van der Waals surface area contributed by atoms with Crippen molar-refractivity contribution < 1.29 is 4.79 Å². The minimum absolute atomic E-state index is 0.117. The number of thioether (sulfide) groups is 1. The first-order chi connectivity index (χ1) is 10.2. The zero-order valence-electron chi connectivity index (χ0n) is 11.6. The van der Waals surface area contributed by atoms with E-state index in [1.54, 1.807) is 0 Å². The Kier molecular flexibility index (Phi) is 3.79. The maximum atomic E-state index is 12.5. The van der Waals surface area contributed by atoms with Crippen molar-refractivity contribution in [2.24, 2.45) is 4.99 Å². The first-order valence-corrected chi connectivity index (χ1v) is 7.80. The van der Waals surface area contributed by atoms with Crippen LogP contribution in [-0.4, -0.2) is 28.4 Å². The fourth-order valence-corrected chi connectivity index (χ4v) is 2.95. The van der Waals surface area contributed by atoms with Crippen LogP contribution in [-0.2, 0) is 6.42 Å². The van der Waals surface area contributed by atoms with Gasteiger partial charge in [-0.1, -0.05) is 24.8 Å². The zero-order valence-corrected chi connectivity index (χ0v) is 12.4. The Morgan fingerprint density at radius 1 is 1.48 bits per heavy atom. The van der Waals surface area contributed by atoms with E-state index in [2.05, 4.69) is 15.3 Å². The molecule has 0 bridgehead atoms. The number of aliphatic imine (C=N–C) groups is 1. The van der Waals surface area contributed by atoms with Crippen molar-refractivity contribution in [1.29, 1.82) is 0 Å². The average Bonchev–Trinajstić information content (AvgIpc) is 3.00. The molecule has 0 saturated heterocycles. The van der Waals surface area contributed by atoms with Crippen molar-refractivity contribution in [1.82, 2.24) is 10.3 Å². The normalized spacial score (nSPS) is 14.2. The van der Waals surface area contributed by atoms with E-state index in [4.69, 9.17) is 0 Å². The Morgan fingerprint density at radius 3 is 3.05 bits per heavy atom. The lowest BCUT2D eigenvalue weighted by molar-refractivity contribution is 0.0977. The second-order valence-corrected chi connectivity index (χ2v) is 5.84. The van der Waals surface area contributed by atoms with Crippen LogP contribution in [0.4, 0.5) is 0 Å². The lowest BCUT2D eigenvalue weighted by Gasteiger charge is -2.06. The summed E-state index contributed by atoms with van der Waals surface area (Å²) in [5, 5.41) is 3.81. The smallest absolute Gasteiger partial charge is 0.262 e. The molecule has 2 heterocycles.